The highest BCUT2D eigenvalue weighted by Crippen LogP contribution is 2.17. The van der Waals surface area contributed by atoms with Crippen LogP contribution in [-0.2, 0) is 14.6 Å². The molecule has 0 aliphatic heterocycles. The zero-order chi connectivity index (χ0) is 12.9. The summed E-state index contributed by atoms with van der Waals surface area (Å²) in [6.07, 6.45) is 0.747. The predicted molar refractivity (Wildman–Crippen MR) is 64.1 cm³/mol. The molecule has 0 spiro atoms. The summed E-state index contributed by atoms with van der Waals surface area (Å²) in [4.78, 5) is 10.9. The molecule has 1 N–H and O–H groups in total. The minimum atomic E-state index is -3.13. The third-order valence-corrected chi connectivity index (χ3v) is 4.82. The number of aliphatic carboxylic acids is 1. The first-order valence-electron chi connectivity index (χ1n) is 5.61. The van der Waals surface area contributed by atoms with E-state index >= 15 is 0 Å². The SMILES string of the molecule is CC(C)CC(CCS(=O)(=O)C(C)C)C(=O)O. The van der Waals surface area contributed by atoms with Crippen LogP contribution in [-0.4, -0.2) is 30.5 Å². The Morgan fingerprint density at radius 1 is 1.19 bits per heavy atom. The largest absolute Gasteiger partial charge is 0.481 e. The van der Waals surface area contributed by atoms with Crippen molar-refractivity contribution in [3.05, 3.63) is 0 Å². The van der Waals surface area contributed by atoms with Crippen LogP contribution in [0.4, 0.5) is 0 Å². The van der Waals surface area contributed by atoms with Crippen molar-refractivity contribution < 1.29 is 18.3 Å². The quantitative estimate of drug-likeness (QED) is 0.749. The third-order valence-electron chi connectivity index (χ3n) is 2.57. The molecule has 16 heavy (non-hydrogen) atoms. The molecule has 0 saturated carbocycles. The molecule has 0 saturated heterocycles. The number of carboxylic acid groups (broad SMARTS) is 1. The number of hydrogen-bond acceptors (Lipinski definition) is 3. The minimum Gasteiger partial charge on any atom is -0.481 e. The molecule has 0 bridgehead atoms. The van der Waals surface area contributed by atoms with Gasteiger partial charge in [-0.05, 0) is 32.6 Å². The van der Waals surface area contributed by atoms with Gasteiger partial charge in [0.1, 0.15) is 0 Å². The van der Waals surface area contributed by atoms with Crippen LogP contribution in [0, 0.1) is 11.8 Å². The molecule has 1 unspecified atom stereocenters. The Kier molecular flexibility index (Phi) is 6.00. The highest BCUT2D eigenvalue weighted by Gasteiger charge is 2.23. The van der Waals surface area contributed by atoms with Gasteiger partial charge in [0, 0.05) is 0 Å². The Bertz CT molecular complexity index is 317. The molecule has 0 aromatic carbocycles. The molecule has 0 aliphatic rings. The first kappa shape index (κ1) is 15.4. The van der Waals surface area contributed by atoms with Crippen molar-refractivity contribution >= 4 is 15.8 Å². The van der Waals surface area contributed by atoms with Crippen LogP contribution in [0.2, 0.25) is 0 Å². The van der Waals surface area contributed by atoms with Crippen molar-refractivity contribution in [2.75, 3.05) is 5.75 Å². The van der Waals surface area contributed by atoms with Crippen LogP contribution in [0.15, 0.2) is 0 Å². The summed E-state index contributed by atoms with van der Waals surface area (Å²) >= 11 is 0. The highest BCUT2D eigenvalue weighted by molar-refractivity contribution is 7.91. The lowest BCUT2D eigenvalue weighted by atomic mass is 9.95. The standard InChI is InChI=1S/C11H22O4S/c1-8(2)7-10(11(12)13)5-6-16(14,15)9(3)4/h8-10H,5-7H2,1-4H3,(H,12,13). The zero-order valence-electron chi connectivity index (χ0n) is 10.4. The van der Waals surface area contributed by atoms with Crippen molar-refractivity contribution in [2.24, 2.45) is 11.8 Å². The number of sulfone groups is 1. The predicted octanol–water partition coefficient (Wildman–Crippen LogP) is 1.95. The highest BCUT2D eigenvalue weighted by atomic mass is 32.2. The lowest BCUT2D eigenvalue weighted by Gasteiger charge is -2.15. The van der Waals surface area contributed by atoms with E-state index in [-0.39, 0.29) is 18.1 Å². The molecule has 0 aromatic rings. The second-order valence-corrected chi connectivity index (χ2v) is 7.55. The van der Waals surface area contributed by atoms with E-state index in [0.717, 1.165) is 0 Å². The molecule has 96 valence electrons. The molecule has 0 heterocycles. The number of carboxylic acids is 1. The fourth-order valence-corrected chi connectivity index (χ4v) is 2.54. The Morgan fingerprint density at radius 3 is 2.00 bits per heavy atom. The van der Waals surface area contributed by atoms with Gasteiger partial charge in [0.2, 0.25) is 0 Å². The Balaban J connectivity index is 4.39. The summed E-state index contributed by atoms with van der Waals surface area (Å²) in [5.41, 5.74) is 0. The van der Waals surface area contributed by atoms with Crippen LogP contribution in [0.1, 0.15) is 40.5 Å². The van der Waals surface area contributed by atoms with E-state index in [0.29, 0.717) is 6.42 Å². The maximum Gasteiger partial charge on any atom is 0.306 e. The summed E-state index contributed by atoms with van der Waals surface area (Å²) in [5.74, 6) is -1.21. The van der Waals surface area contributed by atoms with Gasteiger partial charge in [0.15, 0.2) is 9.84 Å². The molecule has 0 rings (SSSR count). The molecular weight excluding hydrogens is 228 g/mol. The Labute approximate surface area is 98.0 Å². The van der Waals surface area contributed by atoms with Gasteiger partial charge in [-0.2, -0.15) is 0 Å². The van der Waals surface area contributed by atoms with Gasteiger partial charge in [-0.3, -0.25) is 4.79 Å². The number of rotatable bonds is 7. The van der Waals surface area contributed by atoms with Crippen molar-refractivity contribution in [3.63, 3.8) is 0 Å². The molecular formula is C11H22O4S. The Hall–Kier alpha value is -0.580. The van der Waals surface area contributed by atoms with Crippen molar-refractivity contribution in [3.8, 4) is 0 Å². The summed E-state index contributed by atoms with van der Waals surface area (Å²) < 4.78 is 23.1. The zero-order valence-corrected chi connectivity index (χ0v) is 11.3. The molecule has 1 atom stereocenters. The monoisotopic (exact) mass is 250 g/mol. The first-order chi connectivity index (χ1) is 7.16. The maximum atomic E-state index is 11.6. The van der Waals surface area contributed by atoms with E-state index in [1.807, 2.05) is 13.8 Å². The molecule has 0 aliphatic carbocycles. The van der Waals surface area contributed by atoms with Crippen LogP contribution in [0.3, 0.4) is 0 Å². The van der Waals surface area contributed by atoms with Gasteiger partial charge in [-0.1, -0.05) is 13.8 Å². The molecule has 0 radical (unpaired) electrons. The van der Waals surface area contributed by atoms with Crippen LogP contribution >= 0.6 is 0 Å². The molecule has 0 amide bonds. The minimum absolute atomic E-state index is 0.0334. The van der Waals surface area contributed by atoms with Gasteiger partial charge in [-0.25, -0.2) is 8.42 Å². The van der Waals surface area contributed by atoms with E-state index in [4.69, 9.17) is 5.11 Å². The summed E-state index contributed by atoms with van der Waals surface area (Å²) in [5, 5.41) is 8.53. The lowest BCUT2D eigenvalue weighted by molar-refractivity contribution is -0.142. The lowest BCUT2D eigenvalue weighted by Crippen LogP contribution is -2.23. The second kappa shape index (κ2) is 6.23. The normalized spacial score (nSPS) is 14.4. The van der Waals surface area contributed by atoms with E-state index in [1.54, 1.807) is 13.8 Å². The smallest absolute Gasteiger partial charge is 0.306 e. The van der Waals surface area contributed by atoms with Gasteiger partial charge in [-0.15, -0.1) is 0 Å². The topological polar surface area (TPSA) is 71.4 Å². The summed E-state index contributed by atoms with van der Waals surface area (Å²) in [7, 11) is -3.13. The van der Waals surface area contributed by atoms with Crippen molar-refractivity contribution in [1.82, 2.24) is 0 Å². The third kappa shape index (κ3) is 5.49. The van der Waals surface area contributed by atoms with Crippen LogP contribution in [0.25, 0.3) is 0 Å². The first-order valence-corrected chi connectivity index (χ1v) is 7.32. The van der Waals surface area contributed by atoms with Gasteiger partial charge in [0.05, 0.1) is 16.9 Å². The maximum absolute atomic E-state index is 11.6. The van der Waals surface area contributed by atoms with E-state index in [1.165, 1.54) is 0 Å². The van der Waals surface area contributed by atoms with Crippen LogP contribution < -0.4 is 0 Å². The molecule has 0 aromatic heterocycles. The van der Waals surface area contributed by atoms with E-state index in [2.05, 4.69) is 0 Å². The molecule has 5 heteroatoms. The van der Waals surface area contributed by atoms with E-state index < -0.39 is 27.0 Å². The van der Waals surface area contributed by atoms with Gasteiger partial charge < -0.3 is 5.11 Å². The van der Waals surface area contributed by atoms with Crippen molar-refractivity contribution in [2.45, 2.75) is 45.8 Å². The fraction of sp³-hybridized carbons (Fsp3) is 0.909. The van der Waals surface area contributed by atoms with E-state index in [9.17, 15) is 13.2 Å². The summed E-state index contributed by atoms with van der Waals surface area (Å²) in [6.45, 7) is 7.11. The Morgan fingerprint density at radius 2 is 1.69 bits per heavy atom. The van der Waals surface area contributed by atoms with Gasteiger partial charge >= 0.3 is 5.97 Å². The molecule has 0 fully saturated rings. The molecule has 4 nitrogen and oxygen atoms in total. The fourth-order valence-electron chi connectivity index (χ4n) is 1.45. The van der Waals surface area contributed by atoms with Crippen LogP contribution in [0.5, 0.6) is 0 Å². The van der Waals surface area contributed by atoms with Gasteiger partial charge in [0.25, 0.3) is 0 Å². The average molecular weight is 250 g/mol. The average Bonchev–Trinajstić information content (AvgIpc) is 2.10. The second-order valence-electron chi connectivity index (χ2n) is 4.87. The number of carbonyl (C=O) groups is 1. The van der Waals surface area contributed by atoms with Crippen molar-refractivity contribution in [1.29, 1.82) is 0 Å². The number of hydrogen-bond donors (Lipinski definition) is 1. The summed E-state index contributed by atoms with van der Waals surface area (Å²) in [6, 6.07) is 0.